The molecule has 2 aliphatic rings. The van der Waals surface area contributed by atoms with Gasteiger partial charge in [0, 0.05) is 29.2 Å². The standard InChI is InChI=1S/C39H47NO7/c1-39(2,3)32-20-18-27(17-19-28(21-26-11-5-4-6-12-26)46-38(44)25-45-24-37(42)43)22-33(32)40-36(41)23-31-29-13-7-9-15-34(29)47-35-16-10-8-14-30(31)35/h7-10,13-16,18,20,22,26,28,31H,4-6,11-12,17,19,21,23-25H2,1-3H3,(H,40,41)(H,42,43). The first kappa shape index (κ1) is 34.2. The van der Waals surface area contributed by atoms with E-state index in [2.05, 4.69) is 44.3 Å². The summed E-state index contributed by atoms with van der Waals surface area (Å²) < 4.78 is 17.0. The summed E-state index contributed by atoms with van der Waals surface area (Å²) in [5, 5.41) is 12.1. The molecular formula is C39H47NO7. The van der Waals surface area contributed by atoms with Gasteiger partial charge in [0.25, 0.3) is 0 Å². The molecule has 8 nitrogen and oxygen atoms in total. The average molecular weight is 642 g/mol. The maximum atomic E-state index is 13.8. The molecule has 250 valence electrons. The maximum Gasteiger partial charge on any atom is 0.332 e. The summed E-state index contributed by atoms with van der Waals surface area (Å²) >= 11 is 0. The fourth-order valence-electron chi connectivity index (χ4n) is 6.91. The van der Waals surface area contributed by atoms with E-state index in [1.165, 1.54) is 19.3 Å². The zero-order valence-electron chi connectivity index (χ0n) is 27.8. The van der Waals surface area contributed by atoms with E-state index in [0.717, 1.165) is 58.7 Å². The second-order valence-corrected chi connectivity index (χ2v) is 13.9. The molecule has 5 rings (SSSR count). The molecule has 1 aliphatic carbocycles. The van der Waals surface area contributed by atoms with Crippen molar-refractivity contribution in [2.75, 3.05) is 18.5 Å². The van der Waals surface area contributed by atoms with E-state index >= 15 is 0 Å². The van der Waals surface area contributed by atoms with E-state index in [9.17, 15) is 14.4 Å². The Morgan fingerprint density at radius 3 is 2.21 bits per heavy atom. The van der Waals surface area contributed by atoms with Crippen molar-refractivity contribution in [2.45, 2.75) is 96.0 Å². The number of benzene rings is 3. The third-order valence-corrected chi connectivity index (χ3v) is 9.18. The maximum absolute atomic E-state index is 13.8. The highest BCUT2D eigenvalue weighted by molar-refractivity contribution is 5.93. The number of hydrogen-bond acceptors (Lipinski definition) is 6. The minimum absolute atomic E-state index is 0.0744. The van der Waals surface area contributed by atoms with E-state index in [1.54, 1.807) is 0 Å². The smallest absolute Gasteiger partial charge is 0.332 e. The zero-order chi connectivity index (χ0) is 33.4. The molecule has 8 heteroatoms. The zero-order valence-corrected chi connectivity index (χ0v) is 27.8. The Hall–Kier alpha value is -4.17. The minimum Gasteiger partial charge on any atom is -0.480 e. The molecule has 0 radical (unpaired) electrons. The molecule has 1 atom stereocenters. The van der Waals surface area contributed by atoms with Crippen molar-refractivity contribution < 1.29 is 33.7 Å². The quantitative estimate of drug-likeness (QED) is 0.181. The van der Waals surface area contributed by atoms with Gasteiger partial charge >= 0.3 is 11.9 Å². The molecule has 2 N–H and O–H groups in total. The molecule has 1 amide bonds. The van der Waals surface area contributed by atoms with Gasteiger partial charge in [-0.05, 0) is 59.9 Å². The highest BCUT2D eigenvalue weighted by Crippen LogP contribution is 2.45. The van der Waals surface area contributed by atoms with Crippen molar-refractivity contribution >= 4 is 23.5 Å². The van der Waals surface area contributed by atoms with Gasteiger partial charge in [-0.3, -0.25) is 4.79 Å². The van der Waals surface area contributed by atoms with Crippen LogP contribution < -0.4 is 10.1 Å². The summed E-state index contributed by atoms with van der Waals surface area (Å²) in [5.74, 6) is 0.179. The van der Waals surface area contributed by atoms with Crippen LogP contribution in [0.3, 0.4) is 0 Å². The Labute approximate surface area is 277 Å². The normalized spacial score (nSPS) is 15.6. The topological polar surface area (TPSA) is 111 Å². The van der Waals surface area contributed by atoms with Crippen LogP contribution in [0, 0.1) is 5.92 Å². The van der Waals surface area contributed by atoms with E-state index in [0.29, 0.717) is 18.8 Å². The summed E-state index contributed by atoms with van der Waals surface area (Å²) in [6, 6.07) is 22.0. The monoisotopic (exact) mass is 641 g/mol. The number of carbonyl (C=O) groups is 3. The molecule has 1 saturated carbocycles. The molecule has 3 aromatic carbocycles. The lowest BCUT2D eigenvalue weighted by Gasteiger charge is -2.28. The number of amides is 1. The number of anilines is 1. The van der Waals surface area contributed by atoms with Crippen molar-refractivity contribution in [3.63, 3.8) is 0 Å². The minimum atomic E-state index is -1.12. The number of nitrogens with one attached hydrogen (secondary N) is 1. The number of ether oxygens (including phenoxy) is 3. The molecular weight excluding hydrogens is 594 g/mol. The molecule has 1 unspecified atom stereocenters. The summed E-state index contributed by atoms with van der Waals surface area (Å²) in [6.07, 6.45) is 7.92. The van der Waals surface area contributed by atoms with Crippen LogP contribution in [0.15, 0.2) is 66.7 Å². The van der Waals surface area contributed by atoms with Crippen LogP contribution in [0.1, 0.15) is 100 Å². The summed E-state index contributed by atoms with van der Waals surface area (Å²) in [4.78, 5) is 37.1. The number of hydrogen-bond donors (Lipinski definition) is 2. The van der Waals surface area contributed by atoms with Crippen LogP contribution >= 0.6 is 0 Å². The molecule has 0 aromatic heterocycles. The van der Waals surface area contributed by atoms with Crippen LogP contribution in [0.25, 0.3) is 0 Å². The predicted octanol–water partition coefficient (Wildman–Crippen LogP) is 8.17. The van der Waals surface area contributed by atoms with Crippen LogP contribution in [-0.4, -0.2) is 42.3 Å². The van der Waals surface area contributed by atoms with Crippen molar-refractivity contribution in [1.82, 2.24) is 0 Å². The SMILES string of the molecule is CC(C)(C)c1ccc(CCC(CC2CCCCC2)OC(=O)COCC(=O)O)cc1NC(=O)CC1c2ccccc2Oc2ccccc21. The highest BCUT2D eigenvalue weighted by Gasteiger charge is 2.30. The number of carbonyl (C=O) groups excluding carboxylic acids is 2. The van der Waals surface area contributed by atoms with Crippen LogP contribution in [0.2, 0.25) is 0 Å². The van der Waals surface area contributed by atoms with Crippen molar-refractivity contribution in [2.24, 2.45) is 5.92 Å². The Kier molecular flexibility index (Phi) is 11.4. The third kappa shape index (κ3) is 9.44. The van der Waals surface area contributed by atoms with E-state index in [-0.39, 0.29) is 36.4 Å². The summed E-state index contributed by atoms with van der Waals surface area (Å²) in [6.45, 7) is 5.48. The Bertz CT molecular complexity index is 1510. The fraction of sp³-hybridized carbons (Fsp3) is 0.462. The van der Waals surface area contributed by atoms with Gasteiger partial charge in [0.15, 0.2) is 0 Å². The number of aryl methyl sites for hydroxylation is 1. The number of fused-ring (bicyclic) bond motifs is 2. The molecule has 1 heterocycles. The fourth-order valence-corrected chi connectivity index (χ4v) is 6.91. The first-order valence-corrected chi connectivity index (χ1v) is 16.8. The molecule has 1 fully saturated rings. The van der Waals surface area contributed by atoms with Crippen LogP contribution in [0.4, 0.5) is 5.69 Å². The number of para-hydroxylation sites is 2. The lowest BCUT2D eigenvalue weighted by atomic mass is 9.83. The van der Waals surface area contributed by atoms with Crippen LogP contribution in [-0.2, 0) is 35.7 Å². The number of rotatable bonds is 13. The van der Waals surface area contributed by atoms with Gasteiger partial charge in [-0.15, -0.1) is 0 Å². The Balaban J connectivity index is 1.30. The molecule has 0 saturated heterocycles. The molecule has 47 heavy (non-hydrogen) atoms. The van der Waals surface area contributed by atoms with Gasteiger partial charge in [0.1, 0.15) is 30.8 Å². The first-order valence-electron chi connectivity index (χ1n) is 16.8. The third-order valence-electron chi connectivity index (χ3n) is 9.18. The number of aliphatic carboxylic acids is 1. The van der Waals surface area contributed by atoms with Gasteiger partial charge < -0.3 is 24.6 Å². The van der Waals surface area contributed by atoms with Gasteiger partial charge in [-0.2, -0.15) is 0 Å². The van der Waals surface area contributed by atoms with E-state index < -0.39 is 18.5 Å². The number of carboxylic acid groups (broad SMARTS) is 1. The van der Waals surface area contributed by atoms with E-state index in [1.807, 2.05) is 48.5 Å². The van der Waals surface area contributed by atoms with Gasteiger partial charge in [-0.1, -0.05) is 101 Å². The van der Waals surface area contributed by atoms with Crippen molar-refractivity contribution in [1.29, 1.82) is 0 Å². The average Bonchev–Trinajstić information content (AvgIpc) is 3.03. The number of esters is 1. The Morgan fingerprint density at radius 2 is 1.57 bits per heavy atom. The van der Waals surface area contributed by atoms with Crippen LogP contribution in [0.5, 0.6) is 11.5 Å². The van der Waals surface area contributed by atoms with Crippen molar-refractivity contribution in [3.05, 3.63) is 89.0 Å². The summed E-state index contributed by atoms with van der Waals surface area (Å²) in [5.41, 5.74) is 4.67. The largest absolute Gasteiger partial charge is 0.480 e. The first-order chi connectivity index (χ1) is 22.6. The second-order valence-electron chi connectivity index (χ2n) is 13.9. The van der Waals surface area contributed by atoms with Gasteiger partial charge in [0.2, 0.25) is 5.91 Å². The molecule has 3 aromatic rings. The summed E-state index contributed by atoms with van der Waals surface area (Å²) in [7, 11) is 0. The van der Waals surface area contributed by atoms with E-state index in [4.69, 9.17) is 19.3 Å². The lowest BCUT2D eigenvalue weighted by Crippen LogP contribution is -2.26. The second kappa shape index (κ2) is 15.6. The molecule has 1 aliphatic heterocycles. The van der Waals surface area contributed by atoms with Gasteiger partial charge in [0.05, 0.1) is 0 Å². The van der Waals surface area contributed by atoms with Crippen molar-refractivity contribution in [3.8, 4) is 11.5 Å². The van der Waals surface area contributed by atoms with Gasteiger partial charge in [-0.25, -0.2) is 9.59 Å². The predicted molar refractivity (Wildman–Crippen MR) is 181 cm³/mol. The highest BCUT2D eigenvalue weighted by atomic mass is 16.6. The number of carboxylic acids is 1. The Morgan fingerprint density at radius 1 is 0.915 bits per heavy atom. The molecule has 0 spiro atoms. The molecule has 0 bridgehead atoms. The lowest BCUT2D eigenvalue weighted by molar-refractivity contribution is -0.158.